The monoisotopic (exact) mass is 486 g/mol. The summed E-state index contributed by atoms with van der Waals surface area (Å²) in [6.45, 7) is 1.40. The number of amides is 1. The van der Waals surface area contributed by atoms with E-state index in [1.807, 2.05) is 0 Å². The number of hydrogen-bond donors (Lipinski definition) is 2. The normalized spacial score (nSPS) is 23.5. The molecule has 4 heterocycles. The lowest BCUT2D eigenvalue weighted by Gasteiger charge is -2.35. The summed E-state index contributed by atoms with van der Waals surface area (Å²) in [4.78, 5) is 25.5. The van der Waals surface area contributed by atoms with Crippen molar-refractivity contribution in [1.29, 1.82) is 0 Å². The predicted octanol–water partition coefficient (Wildman–Crippen LogP) is 3.73. The number of rotatable bonds is 3. The first-order valence-corrected chi connectivity index (χ1v) is 10.8. The van der Waals surface area contributed by atoms with Gasteiger partial charge in [-0.05, 0) is 30.9 Å². The second-order valence-electron chi connectivity index (χ2n) is 8.77. The van der Waals surface area contributed by atoms with Gasteiger partial charge >= 0.3 is 12.4 Å². The third-order valence-corrected chi connectivity index (χ3v) is 6.38. The molecule has 2 N–H and O–H groups in total. The average molecular weight is 486 g/mol. The molecule has 1 amide bonds. The number of halogens is 6. The van der Waals surface area contributed by atoms with Gasteiger partial charge < -0.3 is 15.5 Å². The number of carbonyl (C=O) groups is 1. The lowest BCUT2D eigenvalue weighted by atomic mass is 9.89. The summed E-state index contributed by atoms with van der Waals surface area (Å²) in [6.07, 6.45) is -7.49. The van der Waals surface area contributed by atoms with Crippen LogP contribution in [0.2, 0.25) is 0 Å². The van der Waals surface area contributed by atoms with Gasteiger partial charge in [0.1, 0.15) is 18.0 Å². The van der Waals surface area contributed by atoms with Gasteiger partial charge in [0.15, 0.2) is 0 Å². The van der Waals surface area contributed by atoms with E-state index in [-0.39, 0.29) is 29.1 Å². The number of fused-ring (bicyclic) bond motifs is 1. The van der Waals surface area contributed by atoms with Gasteiger partial charge in [-0.25, -0.2) is 15.0 Å². The molecular weight excluding hydrogens is 466 g/mol. The highest BCUT2D eigenvalue weighted by atomic mass is 19.4. The largest absolute Gasteiger partial charge is 0.416 e. The molecule has 2 aromatic heterocycles. The first-order chi connectivity index (χ1) is 16.0. The van der Waals surface area contributed by atoms with Crippen LogP contribution in [0.1, 0.15) is 36.3 Å². The van der Waals surface area contributed by atoms with Gasteiger partial charge in [0.05, 0.1) is 22.9 Å². The molecule has 5 rings (SSSR count). The maximum atomic E-state index is 13.8. The van der Waals surface area contributed by atoms with E-state index >= 15 is 0 Å². The van der Waals surface area contributed by atoms with E-state index < -0.39 is 41.7 Å². The SMILES string of the molecule is O=C1C[C@@H](C(F)(F)F)c2c(ncnc2-c2cc(C(F)(F)F)cc(N3CCN[C@@H](C4CC4)C3)n2)N1. The Hall–Kier alpha value is -2.96. The van der Waals surface area contributed by atoms with Crippen LogP contribution in [0.4, 0.5) is 38.0 Å². The van der Waals surface area contributed by atoms with Gasteiger partial charge in [-0.15, -0.1) is 0 Å². The van der Waals surface area contributed by atoms with Crippen molar-refractivity contribution in [2.24, 2.45) is 5.92 Å². The molecule has 2 fully saturated rings. The fourth-order valence-corrected chi connectivity index (χ4v) is 4.54. The molecule has 34 heavy (non-hydrogen) atoms. The molecule has 2 aromatic rings. The van der Waals surface area contributed by atoms with Crippen LogP contribution < -0.4 is 15.5 Å². The Morgan fingerprint density at radius 3 is 2.50 bits per heavy atom. The quantitative estimate of drug-likeness (QED) is 0.644. The topological polar surface area (TPSA) is 83.0 Å². The van der Waals surface area contributed by atoms with Gasteiger partial charge in [-0.3, -0.25) is 4.79 Å². The van der Waals surface area contributed by atoms with Crippen molar-refractivity contribution in [3.05, 3.63) is 29.6 Å². The molecule has 1 saturated heterocycles. The van der Waals surface area contributed by atoms with Crippen molar-refractivity contribution >= 4 is 17.5 Å². The smallest absolute Gasteiger partial charge is 0.354 e. The van der Waals surface area contributed by atoms with Gasteiger partial charge in [0.25, 0.3) is 0 Å². The Balaban J connectivity index is 1.63. The van der Waals surface area contributed by atoms with E-state index in [1.165, 1.54) is 0 Å². The highest BCUT2D eigenvalue weighted by Crippen LogP contribution is 2.46. The fourth-order valence-electron chi connectivity index (χ4n) is 4.54. The summed E-state index contributed by atoms with van der Waals surface area (Å²) in [5.41, 5.74) is -2.25. The molecule has 0 unspecified atom stereocenters. The third kappa shape index (κ3) is 4.40. The van der Waals surface area contributed by atoms with Crippen molar-refractivity contribution in [2.45, 2.75) is 43.6 Å². The van der Waals surface area contributed by atoms with Crippen LogP contribution >= 0.6 is 0 Å². The Morgan fingerprint density at radius 1 is 1.06 bits per heavy atom. The van der Waals surface area contributed by atoms with Crippen molar-refractivity contribution in [3.8, 4) is 11.4 Å². The Morgan fingerprint density at radius 2 is 1.82 bits per heavy atom. The summed E-state index contributed by atoms with van der Waals surface area (Å²) in [6, 6.07) is 1.72. The number of nitrogens with zero attached hydrogens (tertiary/aromatic N) is 4. The summed E-state index contributed by atoms with van der Waals surface area (Å²) in [5, 5.41) is 5.62. The van der Waals surface area contributed by atoms with Gasteiger partial charge in [-0.2, -0.15) is 26.3 Å². The van der Waals surface area contributed by atoms with E-state index in [1.54, 1.807) is 4.90 Å². The van der Waals surface area contributed by atoms with Crippen LogP contribution in [-0.4, -0.2) is 52.7 Å². The second-order valence-corrected chi connectivity index (χ2v) is 8.77. The number of nitrogens with one attached hydrogen (secondary N) is 2. The highest BCUT2D eigenvalue weighted by molar-refractivity contribution is 5.95. The molecule has 1 saturated carbocycles. The van der Waals surface area contributed by atoms with Crippen molar-refractivity contribution in [3.63, 3.8) is 0 Å². The summed E-state index contributed by atoms with van der Waals surface area (Å²) in [7, 11) is 0. The van der Waals surface area contributed by atoms with Gasteiger partial charge in [-0.1, -0.05) is 0 Å². The van der Waals surface area contributed by atoms with Crippen molar-refractivity contribution in [1.82, 2.24) is 20.3 Å². The number of anilines is 2. The summed E-state index contributed by atoms with van der Waals surface area (Å²) >= 11 is 0. The predicted molar refractivity (Wildman–Crippen MR) is 109 cm³/mol. The standard InChI is InChI=1S/C21H20F6N6O/c22-20(23,24)11-5-13(31-15(6-11)33-4-3-28-14(8-33)10-1-2-10)18-17-12(21(25,26)27)7-16(34)32-19(17)30-9-29-18/h5-6,9-10,12,14,28H,1-4,7-8H2,(H,29,30,32,34)/t12-,14-/m1/s1. The summed E-state index contributed by atoms with van der Waals surface area (Å²) < 4.78 is 82.7. The number of alkyl halides is 6. The molecule has 0 spiro atoms. The maximum absolute atomic E-state index is 13.8. The zero-order valence-electron chi connectivity index (χ0n) is 17.7. The number of pyridine rings is 1. The van der Waals surface area contributed by atoms with Crippen LogP contribution in [0.3, 0.4) is 0 Å². The molecule has 0 radical (unpaired) electrons. The molecule has 182 valence electrons. The Kier molecular flexibility index (Phi) is 5.41. The molecule has 13 heteroatoms. The van der Waals surface area contributed by atoms with E-state index in [4.69, 9.17) is 0 Å². The van der Waals surface area contributed by atoms with E-state index in [2.05, 4.69) is 25.6 Å². The van der Waals surface area contributed by atoms with Crippen molar-refractivity contribution < 1.29 is 31.1 Å². The molecule has 0 bridgehead atoms. The first-order valence-electron chi connectivity index (χ1n) is 10.8. The molecule has 1 aliphatic carbocycles. The maximum Gasteiger partial charge on any atom is 0.416 e. The van der Waals surface area contributed by atoms with E-state index in [0.29, 0.717) is 31.6 Å². The average Bonchev–Trinajstić information content (AvgIpc) is 3.62. The Bertz CT molecular complexity index is 1120. The first kappa shape index (κ1) is 22.8. The van der Waals surface area contributed by atoms with Crippen LogP contribution in [0, 0.1) is 5.92 Å². The second kappa shape index (κ2) is 8.07. The fraction of sp³-hybridized carbons (Fsp3) is 0.524. The molecule has 0 aromatic carbocycles. The minimum Gasteiger partial charge on any atom is -0.354 e. The third-order valence-electron chi connectivity index (χ3n) is 6.38. The van der Waals surface area contributed by atoms with E-state index in [9.17, 15) is 31.1 Å². The molecule has 3 aliphatic rings. The molecule has 7 nitrogen and oxygen atoms in total. The van der Waals surface area contributed by atoms with Gasteiger partial charge in [0.2, 0.25) is 5.91 Å². The summed E-state index contributed by atoms with van der Waals surface area (Å²) in [5.74, 6) is -3.04. The highest BCUT2D eigenvalue weighted by Gasteiger charge is 2.48. The lowest BCUT2D eigenvalue weighted by Crippen LogP contribution is -2.52. The van der Waals surface area contributed by atoms with E-state index in [0.717, 1.165) is 25.2 Å². The minimum atomic E-state index is -4.83. The van der Waals surface area contributed by atoms with Gasteiger partial charge in [0, 0.05) is 37.7 Å². The van der Waals surface area contributed by atoms with Crippen LogP contribution in [0.5, 0.6) is 0 Å². The number of piperazine rings is 1. The zero-order valence-corrected chi connectivity index (χ0v) is 17.7. The zero-order chi connectivity index (χ0) is 24.3. The molecule has 2 aliphatic heterocycles. The van der Waals surface area contributed by atoms with Crippen LogP contribution in [0.15, 0.2) is 18.5 Å². The number of aromatic nitrogens is 3. The molecular formula is C21H20F6N6O. The number of carbonyl (C=O) groups excluding carboxylic acids is 1. The Labute approximate surface area is 190 Å². The van der Waals surface area contributed by atoms with Crippen LogP contribution in [-0.2, 0) is 11.0 Å². The lowest BCUT2D eigenvalue weighted by molar-refractivity contribution is -0.156. The molecule has 2 atom stereocenters. The minimum absolute atomic E-state index is 0.0211. The number of hydrogen-bond acceptors (Lipinski definition) is 6. The van der Waals surface area contributed by atoms with Crippen molar-refractivity contribution in [2.75, 3.05) is 29.9 Å². The van der Waals surface area contributed by atoms with Crippen LogP contribution in [0.25, 0.3) is 11.4 Å².